The summed E-state index contributed by atoms with van der Waals surface area (Å²) < 4.78 is 13.4. The molecule has 0 unspecified atom stereocenters. The first kappa shape index (κ1) is 15.9. The molecule has 108 valence electrons. The van der Waals surface area contributed by atoms with Gasteiger partial charge in [-0.15, -0.1) is 0 Å². The molecular weight excluding hydrogens is 241 g/mol. The molecule has 0 spiro atoms. The zero-order chi connectivity index (χ0) is 14.4. The fraction of sp³-hybridized carbons (Fsp3) is 0.600. The largest absolute Gasteiger partial charge is 0.371 e. The quantitative estimate of drug-likeness (QED) is 0.824. The molecular formula is C15H26FN3. The molecule has 0 heterocycles. The monoisotopic (exact) mass is 267 g/mol. The van der Waals surface area contributed by atoms with Crippen LogP contribution in [0.5, 0.6) is 0 Å². The minimum atomic E-state index is -0.222. The van der Waals surface area contributed by atoms with Crippen LogP contribution in [0.1, 0.15) is 31.9 Å². The van der Waals surface area contributed by atoms with Crippen molar-refractivity contribution < 1.29 is 4.39 Å². The van der Waals surface area contributed by atoms with Gasteiger partial charge in [0.15, 0.2) is 0 Å². The van der Waals surface area contributed by atoms with E-state index >= 15 is 0 Å². The van der Waals surface area contributed by atoms with Gasteiger partial charge in [0.25, 0.3) is 0 Å². The van der Waals surface area contributed by atoms with Gasteiger partial charge in [-0.2, -0.15) is 0 Å². The van der Waals surface area contributed by atoms with Crippen LogP contribution in [-0.2, 0) is 0 Å². The van der Waals surface area contributed by atoms with Gasteiger partial charge in [0.1, 0.15) is 5.82 Å². The summed E-state index contributed by atoms with van der Waals surface area (Å²) in [4.78, 5) is 4.44. The van der Waals surface area contributed by atoms with Crippen molar-refractivity contribution in [2.75, 3.05) is 38.6 Å². The summed E-state index contributed by atoms with van der Waals surface area (Å²) in [5.74, 6) is -0.222. The van der Waals surface area contributed by atoms with E-state index in [-0.39, 0.29) is 11.9 Å². The Bertz CT molecular complexity index is 391. The van der Waals surface area contributed by atoms with Crippen molar-refractivity contribution in [3.8, 4) is 0 Å². The maximum Gasteiger partial charge on any atom is 0.123 e. The van der Waals surface area contributed by atoms with E-state index < -0.39 is 0 Å². The van der Waals surface area contributed by atoms with Gasteiger partial charge in [-0.3, -0.25) is 0 Å². The highest BCUT2D eigenvalue weighted by Gasteiger charge is 2.13. The third kappa shape index (κ3) is 4.80. The molecule has 0 saturated carbocycles. The lowest BCUT2D eigenvalue weighted by atomic mass is 10.1. The van der Waals surface area contributed by atoms with Crippen molar-refractivity contribution in [1.29, 1.82) is 0 Å². The molecule has 3 nitrogen and oxygen atoms in total. The summed E-state index contributed by atoms with van der Waals surface area (Å²) in [5, 5.41) is 0. The predicted octanol–water partition coefficient (Wildman–Crippen LogP) is 2.62. The molecule has 0 aliphatic heterocycles. The molecule has 0 saturated heterocycles. The van der Waals surface area contributed by atoms with Gasteiger partial charge in [-0.25, -0.2) is 4.39 Å². The number of nitrogens with two attached hydrogens (primary N) is 1. The van der Waals surface area contributed by atoms with Gasteiger partial charge in [0.05, 0.1) is 0 Å². The minimum Gasteiger partial charge on any atom is -0.371 e. The molecule has 0 radical (unpaired) electrons. The minimum absolute atomic E-state index is 0.159. The molecule has 1 aromatic rings. The fourth-order valence-corrected chi connectivity index (χ4v) is 2.20. The molecule has 0 aliphatic rings. The van der Waals surface area contributed by atoms with Crippen LogP contribution in [0.2, 0.25) is 0 Å². The number of hydrogen-bond acceptors (Lipinski definition) is 3. The van der Waals surface area contributed by atoms with Crippen LogP contribution < -0.4 is 10.6 Å². The second kappa shape index (κ2) is 7.46. The zero-order valence-electron chi connectivity index (χ0n) is 12.5. The Morgan fingerprint density at radius 2 is 1.95 bits per heavy atom. The Labute approximate surface area is 116 Å². The van der Waals surface area contributed by atoms with E-state index in [9.17, 15) is 4.39 Å². The van der Waals surface area contributed by atoms with Gasteiger partial charge >= 0.3 is 0 Å². The lowest BCUT2D eigenvalue weighted by molar-refractivity contribution is 0.400. The Hall–Kier alpha value is -1.13. The van der Waals surface area contributed by atoms with Gasteiger partial charge in [0, 0.05) is 24.8 Å². The van der Waals surface area contributed by atoms with Gasteiger partial charge in [-0.1, -0.05) is 0 Å². The first-order valence-corrected chi connectivity index (χ1v) is 6.90. The number of nitrogens with zero attached hydrogens (tertiary/aromatic N) is 2. The Morgan fingerprint density at radius 3 is 2.47 bits per heavy atom. The molecule has 0 aromatic heterocycles. The molecule has 4 heteroatoms. The highest BCUT2D eigenvalue weighted by Crippen LogP contribution is 2.26. The van der Waals surface area contributed by atoms with Crippen molar-refractivity contribution in [3.63, 3.8) is 0 Å². The Kier molecular flexibility index (Phi) is 6.25. The van der Waals surface area contributed by atoms with E-state index in [1.54, 1.807) is 6.07 Å². The number of benzene rings is 1. The van der Waals surface area contributed by atoms with Crippen molar-refractivity contribution in [2.45, 2.75) is 26.3 Å². The smallest absolute Gasteiger partial charge is 0.123 e. The molecule has 0 amide bonds. The van der Waals surface area contributed by atoms with Crippen LogP contribution in [0.15, 0.2) is 18.2 Å². The van der Waals surface area contributed by atoms with Gasteiger partial charge in [-0.05, 0) is 64.7 Å². The van der Waals surface area contributed by atoms with Crippen LogP contribution in [0.25, 0.3) is 0 Å². The summed E-state index contributed by atoms with van der Waals surface area (Å²) in [6.45, 7) is 6.92. The number of hydrogen-bond donors (Lipinski definition) is 1. The third-order valence-electron chi connectivity index (χ3n) is 3.24. The number of halogens is 1. The maximum atomic E-state index is 13.4. The van der Waals surface area contributed by atoms with Crippen LogP contribution in [-0.4, -0.2) is 38.6 Å². The fourth-order valence-electron chi connectivity index (χ4n) is 2.20. The molecule has 19 heavy (non-hydrogen) atoms. The Morgan fingerprint density at radius 1 is 1.26 bits per heavy atom. The Balaban J connectivity index is 2.85. The van der Waals surface area contributed by atoms with Crippen LogP contribution >= 0.6 is 0 Å². The van der Waals surface area contributed by atoms with Crippen molar-refractivity contribution >= 4 is 5.69 Å². The standard InChI is InChI=1S/C15H26FN3/c1-5-19(10-6-9-18(3)4)15-8-7-13(16)11-14(15)12(2)17/h7-8,11-12H,5-6,9-10,17H2,1-4H3/t12-/m1/s1. The van der Waals surface area contributed by atoms with E-state index in [4.69, 9.17) is 5.73 Å². The highest BCUT2D eigenvalue weighted by atomic mass is 19.1. The molecule has 0 bridgehead atoms. The summed E-state index contributed by atoms with van der Waals surface area (Å²) in [6.07, 6.45) is 1.08. The number of anilines is 1. The van der Waals surface area contributed by atoms with Crippen molar-refractivity contribution in [1.82, 2.24) is 4.90 Å². The second-order valence-electron chi connectivity index (χ2n) is 5.23. The molecule has 2 N–H and O–H groups in total. The summed E-state index contributed by atoms with van der Waals surface area (Å²) in [6, 6.07) is 4.74. The average molecular weight is 267 g/mol. The van der Waals surface area contributed by atoms with Crippen molar-refractivity contribution in [2.24, 2.45) is 5.73 Å². The highest BCUT2D eigenvalue weighted by molar-refractivity contribution is 5.55. The maximum absolute atomic E-state index is 13.4. The van der Waals surface area contributed by atoms with Crippen LogP contribution in [0.4, 0.5) is 10.1 Å². The van der Waals surface area contributed by atoms with E-state index in [1.165, 1.54) is 6.07 Å². The van der Waals surface area contributed by atoms with Crippen molar-refractivity contribution in [3.05, 3.63) is 29.6 Å². The SMILES string of the molecule is CCN(CCCN(C)C)c1ccc(F)cc1[C@@H](C)N. The summed E-state index contributed by atoms with van der Waals surface area (Å²) >= 11 is 0. The van der Waals surface area contributed by atoms with Gasteiger partial charge in [0.2, 0.25) is 0 Å². The van der Waals surface area contributed by atoms with E-state index in [0.717, 1.165) is 37.3 Å². The molecule has 1 atom stereocenters. The lowest BCUT2D eigenvalue weighted by Crippen LogP contribution is -2.28. The lowest BCUT2D eigenvalue weighted by Gasteiger charge is -2.27. The molecule has 0 fully saturated rings. The van der Waals surface area contributed by atoms with E-state index in [1.807, 2.05) is 13.0 Å². The molecule has 1 rings (SSSR count). The topological polar surface area (TPSA) is 32.5 Å². The third-order valence-corrected chi connectivity index (χ3v) is 3.24. The first-order chi connectivity index (χ1) is 8.95. The average Bonchev–Trinajstić information content (AvgIpc) is 2.34. The van der Waals surface area contributed by atoms with Gasteiger partial charge < -0.3 is 15.5 Å². The summed E-state index contributed by atoms with van der Waals surface area (Å²) in [5.41, 5.74) is 7.89. The summed E-state index contributed by atoms with van der Waals surface area (Å²) in [7, 11) is 4.14. The molecule has 0 aliphatic carbocycles. The van der Waals surface area contributed by atoms with E-state index in [0.29, 0.717) is 0 Å². The van der Waals surface area contributed by atoms with Crippen LogP contribution in [0.3, 0.4) is 0 Å². The second-order valence-corrected chi connectivity index (χ2v) is 5.23. The van der Waals surface area contributed by atoms with E-state index in [2.05, 4.69) is 30.8 Å². The van der Waals surface area contributed by atoms with Crippen LogP contribution in [0, 0.1) is 5.82 Å². The zero-order valence-corrected chi connectivity index (χ0v) is 12.5. The molecule has 1 aromatic carbocycles. The first-order valence-electron chi connectivity index (χ1n) is 6.90. The number of rotatable bonds is 7. The normalized spacial score (nSPS) is 12.8. The predicted molar refractivity (Wildman–Crippen MR) is 80.1 cm³/mol.